The number of hydrogen-bond donors (Lipinski definition) is 1. The van der Waals surface area contributed by atoms with Crippen LogP contribution in [0.1, 0.15) is 76.2 Å². The van der Waals surface area contributed by atoms with Crippen molar-refractivity contribution in [3.05, 3.63) is 59.2 Å². The van der Waals surface area contributed by atoms with E-state index in [9.17, 15) is 9.59 Å². The topological polar surface area (TPSA) is 88.2 Å². The third kappa shape index (κ3) is 5.81. The molecule has 0 radical (unpaired) electrons. The van der Waals surface area contributed by atoms with E-state index in [1.807, 2.05) is 20.8 Å². The van der Waals surface area contributed by atoms with Gasteiger partial charge in [0.25, 0.3) is 0 Å². The largest absolute Gasteiger partial charge is 0.493 e. The summed E-state index contributed by atoms with van der Waals surface area (Å²) in [4.78, 5) is 31.6. The average molecular weight is 529 g/mol. The third-order valence-corrected chi connectivity index (χ3v) is 7.22. The summed E-state index contributed by atoms with van der Waals surface area (Å²) in [7, 11) is 0. The number of benzene rings is 1. The van der Waals surface area contributed by atoms with Crippen LogP contribution in [0.3, 0.4) is 0 Å². The van der Waals surface area contributed by atoms with Crippen molar-refractivity contribution in [2.75, 3.05) is 19.7 Å². The molecule has 2 aliphatic heterocycles. The standard InChI is InChI=1S/C29H38F2N4O3/c1-7-17(4)26(27-22(30)13-21(19(6)36)14-23(27)38-9-3)28-29(32)33-15-24(31)35(28)18(5)20-11-10-12-34(16-20)25(37)8-2/h13-15,17,20H,5,7-12,16H2,1-4,6H3,(H2,32,33)/b28-26+. The van der Waals surface area contributed by atoms with Crippen molar-refractivity contribution >= 4 is 23.1 Å². The molecule has 0 saturated carbocycles. The molecule has 1 saturated heterocycles. The number of amides is 1. The van der Waals surface area contributed by atoms with E-state index in [1.165, 1.54) is 24.0 Å². The summed E-state index contributed by atoms with van der Waals surface area (Å²) >= 11 is 0. The number of nitrogens with two attached hydrogens (primary N) is 1. The lowest BCUT2D eigenvalue weighted by atomic mass is 9.86. The monoisotopic (exact) mass is 528 g/mol. The second-order valence-electron chi connectivity index (χ2n) is 9.72. The van der Waals surface area contributed by atoms with Gasteiger partial charge in [-0.25, -0.2) is 9.38 Å². The zero-order chi connectivity index (χ0) is 28.1. The average Bonchev–Trinajstić information content (AvgIpc) is 2.90. The number of nitrogens with zero attached hydrogens (tertiary/aromatic N) is 3. The number of rotatable bonds is 9. The molecule has 2 heterocycles. The number of piperidine rings is 1. The number of halogens is 2. The Morgan fingerprint density at radius 2 is 1.97 bits per heavy atom. The van der Waals surface area contributed by atoms with Gasteiger partial charge in [-0.05, 0) is 56.7 Å². The van der Waals surface area contributed by atoms with E-state index in [2.05, 4.69) is 11.6 Å². The van der Waals surface area contributed by atoms with Gasteiger partial charge in [0.2, 0.25) is 11.9 Å². The molecule has 2 atom stereocenters. The maximum Gasteiger partial charge on any atom is 0.222 e. The molecule has 206 valence electrons. The third-order valence-electron chi connectivity index (χ3n) is 7.22. The van der Waals surface area contributed by atoms with Crippen molar-refractivity contribution in [3.8, 4) is 5.75 Å². The van der Waals surface area contributed by atoms with Crippen molar-refractivity contribution in [2.24, 2.45) is 22.6 Å². The lowest BCUT2D eigenvalue weighted by Gasteiger charge is -2.39. The van der Waals surface area contributed by atoms with E-state index in [4.69, 9.17) is 10.5 Å². The van der Waals surface area contributed by atoms with Crippen molar-refractivity contribution in [2.45, 2.75) is 60.3 Å². The summed E-state index contributed by atoms with van der Waals surface area (Å²) in [5, 5.41) is 0. The van der Waals surface area contributed by atoms with Crippen molar-refractivity contribution < 1.29 is 23.1 Å². The van der Waals surface area contributed by atoms with Gasteiger partial charge in [0, 0.05) is 36.7 Å². The fourth-order valence-electron chi connectivity index (χ4n) is 5.00. The first-order chi connectivity index (χ1) is 18.0. The molecule has 0 aliphatic carbocycles. The first-order valence-electron chi connectivity index (χ1n) is 13.2. The van der Waals surface area contributed by atoms with E-state index in [0.717, 1.165) is 12.6 Å². The highest BCUT2D eigenvalue weighted by Crippen LogP contribution is 2.43. The number of ether oxygens (including phenoxy) is 1. The Bertz CT molecular complexity index is 1200. The quantitative estimate of drug-likeness (QED) is 0.324. The van der Waals surface area contributed by atoms with Crippen molar-refractivity contribution in [3.63, 3.8) is 0 Å². The molecule has 0 aromatic heterocycles. The summed E-state index contributed by atoms with van der Waals surface area (Å²) in [5.74, 6) is -1.98. The maximum absolute atomic E-state index is 15.8. The highest BCUT2D eigenvalue weighted by atomic mass is 19.1. The second-order valence-corrected chi connectivity index (χ2v) is 9.72. The van der Waals surface area contributed by atoms with Gasteiger partial charge in [0.1, 0.15) is 17.4 Å². The highest BCUT2D eigenvalue weighted by Gasteiger charge is 2.36. The van der Waals surface area contributed by atoms with Crippen LogP contribution < -0.4 is 10.5 Å². The Labute approximate surface area is 223 Å². The predicted molar refractivity (Wildman–Crippen MR) is 145 cm³/mol. The van der Waals surface area contributed by atoms with Gasteiger partial charge in [-0.15, -0.1) is 0 Å². The zero-order valence-electron chi connectivity index (χ0n) is 22.9. The molecule has 3 rings (SSSR count). The van der Waals surface area contributed by atoms with Crippen molar-refractivity contribution in [1.29, 1.82) is 0 Å². The maximum atomic E-state index is 15.8. The Kier molecular flexibility index (Phi) is 9.46. The molecule has 2 N–H and O–H groups in total. The molecule has 9 heteroatoms. The minimum absolute atomic E-state index is 0.0117. The first-order valence-corrected chi connectivity index (χ1v) is 13.2. The molecule has 1 aromatic rings. The molecule has 1 amide bonds. The Hall–Kier alpha value is -3.49. The van der Waals surface area contributed by atoms with E-state index in [0.29, 0.717) is 43.6 Å². The van der Waals surface area contributed by atoms with Gasteiger partial charge < -0.3 is 15.4 Å². The van der Waals surface area contributed by atoms with Crippen LogP contribution in [0.15, 0.2) is 47.2 Å². The summed E-state index contributed by atoms with van der Waals surface area (Å²) in [5.41, 5.74) is 7.69. The summed E-state index contributed by atoms with van der Waals surface area (Å²) in [6.45, 7) is 14.3. The lowest BCUT2D eigenvalue weighted by molar-refractivity contribution is -0.132. The van der Waals surface area contributed by atoms with Crippen LogP contribution in [-0.2, 0) is 4.79 Å². The number of aliphatic imine (C=N–C) groups is 1. The van der Waals surface area contributed by atoms with E-state index < -0.39 is 11.8 Å². The van der Waals surface area contributed by atoms with Gasteiger partial charge in [-0.2, -0.15) is 4.39 Å². The fraction of sp³-hybridized carbons (Fsp3) is 0.483. The number of amidine groups is 1. The predicted octanol–water partition coefficient (Wildman–Crippen LogP) is 5.79. The van der Waals surface area contributed by atoms with E-state index in [-0.39, 0.29) is 58.5 Å². The normalized spacial score (nSPS) is 19.9. The lowest BCUT2D eigenvalue weighted by Crippen LogP contribution is -2.43. The van der Waals surface area contributed by atoms with Gasteiger partial charge in [-0.3, -0.25) is 14.5 Å². The molecule has 38 heavy (non-hydrogen) atoms. The van der Waals surface area contributed by atoms with E-state index in [1.54, 1.807) is 11.8 Å². The van der Waals surface area contributed by atoms with Crippen LogP contribution in [0.5, 0.6) is 5.75 Å². The molecule has 7 nitrogen and oxygen atoms in total. The fourth-order valence-corrected chi connectivity index (χ4v) is 5.00. The van der Waals surface area contributed by atoms with Crippen LogP contribution in [0, 0.1) is 17.7 Å². The minimum atomic E-state index is -0.697. The zero-order valence-corrected chi connectivity index (χ0v) is 22.9. The molecule has 2 unspecified atom stereocenters. The smallest absolute Gasteiger partial charge is 0.222 e. The number of carbonyl (C=O) groups excluding carboxylic acids is 2. The second kappa shape index (κ2) is 12.4. The molecular weight excluding hydrogens is 490 g/mol. The summed E-state index contributed by atoms with van der Waals surface area (Å²) in [6.07, 6.45) is 3.46. The Morgan fingerprint density at radius 1 is 1.26 bits per heavy atom. The van der Waals surface area contributed by atoms with Crippen LogP contribution in [-0.4, -0.2) is 47.0 Å². The molecule has 1 aromatic carbocycles. The summed E-state index contributed by atoms with van der Waals surface area (Å²) in [6, 6.07) is 2.67. The van der Waals surface area contributed by atoms with Gasteiger partial charge in [-0.1, -0.05) is 27.4 Å². The van der Waals surface area contributed by atoms with Gasteiger partial charge in [0.05, 0.1) is 24.1 Å². The van der Waals surface area contributed by atoms with Crippen molar-refractivity contribution in [1.82, 2.24) is 9.80 Å². The van der Waals surface area contributed by atoms with Gasteiger partial charge >= 0.3 is 0 Å². The van der Waals surface area contributed by atoms with Gasteiger partial charge in [0.15, 0.2) is 5.78 Å². The number of Topliss-reactive ketones (excluding diaryl/α,β-unsaturated/α-hetero) is 1. The molecule has 1 fully saturated rings. The number of carbonyl (C=O) groups is 2. The van der Waals surface area contributed by atoms with Crippen LogP contribution in [0.2, 0.25) is 0 Å². The number of likely N-dealkylation sites (tertiary alicyclic amines) is 1. The van der Waals surface area contributed by atoms with Crippen LogP contribution >= 0.6 is 0 Å². The number of allylic oxidation sites excluding steroid dienone is 1. The van der Waals surface area contributed by atoms with Crippen LogP contribution in [0.25, 0.3) is 5.57 Å². The minimum Gasteiger partial charge on any atom is -0.493 e. The highest BCUT2D eigenvalue weighted by molar-refractivity contribution is 6.06. The Balaban J connectivity index is 2.25. The van der Waals surface area contributed by atoms with Crippen LogP contribution in [0.4, 0.5) is 8.78 Å². The molecule has 2 aliphatic rings. The molecular formula is C29H38F2N4O3. The SMILES string of the molecule is C=C(C1CCCN(C(=O)CC)C1)N1C(F)=CN=C(N)/C1=C(\c1c(F)cc(C(C)=O)cc1OCC)C(C)CC. The molecule has 0 spiro atoms. The first kappa shape index (κ1) is 29.1. The van der Waals surface area contributed by atoms with E-state index >= 15 is 8.78 Å². The summed E-state index contributed by atoms with van der Waals surface area (Å²) < 4.78 is 37.3. The molecule has 0 bridgehead atoms. The number of hydrogen-bond acceptors (Lipinski definition) is 6. The Morgan fingerprint density at radius 3 is 2.58 bits per heavy atom. The number of ketones is 1.